The van der Waals surface area contributed by atoms with Crippen molar-refractivity contribution in [3.63, 3.8) is 0 Å². The fraction of sp³-hybridized carbons (Fsp3) is 0.100. The van der Waals surface area contributed by atoms with Crippen LogP contribution >= 0.6 is 11.3 Å². The summed E-state index contributed by atoms with van der Waals surface area (Å²) in [5.74, 6) is -1.04. The van der Waals surface area contributed by atoms with Crippen molar-refractivity contribution in [1.29, 1.82) is 0 Å². The summed E-state index contributed by atoms with van der Waals surface area (Å²) in [4.78, 5) is 10.7. The summed E-state index contributed by atoms with van der Waals surface area (Å²) in [6, 6.07) is 3.59. The maximum absolute atomic E-state index is 10.7. The topological polar surface area (TPSA) is 62.5 Å². The number of aromatic carboxylic acids is 1. The minimum absolute atomic E-state index is 0.00210. The van der Waals surface area contributed by atoms with Crippen molar-refractivity contribution in [2.45, 2.75) is 6.54 Å². The van der Waals surface area contributed by atoms with Gasteiger partial charge in [0.1, 0.15) is 0 Å². The third-order valence-electron chi connectivity index (χ3n) is 1.95. The van der Waals surface area contributed by atoms with E-state index in [-0.39, 0.29) is 5.76 Å². The molecule has 4 nitrogen and oxygen atoms in total. The molecule has 0 saturated heterocycles. The van der Waals surface area contributed by atoms with Crippen molar-refractivity contribution in [2.24, 2.45) is 0 Å². The molecule has 0 saturated carbocycles. The van der Waals surface area contributed by atoms with Gasteiger partial charge in [-0.05, 0) is 17.5 Å². The highest BCUT2D eigenvalue weighted by Gasteiger charge is 2.13. The molecule has 0 aliphatic heterocycles. The predicted octanol–water partition coefficient (Wildman–Crippen LogP) is 2.65. The van der Waals surface area contributed by atoms with Gasteiger partial charge in [0, 0.05) is 23.2 Å². The van der Waals surface area contributed by atoms with Crippen LogP contribution in [0, 0.1) is 0 Å². The average molecular weight is 223 g/mol. The minimum atomic E-state index is -1.04. The largest absolute Gasteiger partial charge is 0.475 e. The molecule has 0 amide bonds. The number of carbonyl (C=O) groups is 1. The van der Waals surface area contributed by atoms with Crippen LogP contribution in [0.4, 0.5) is 5.69 Å². The summed E-state index contributed by atoms with van der Waals surface area (Å²) in [7, 11) is 0. The fourth-order valence-electron chi connectivity index (χ4n) is 1.22. The molecule has 78 valence electrons. The van der Waals surface area contributed by atoms with Gasteiger partial charge in [-0.25, -0.2) is 4.79 Å². The molecule has 2 aromatic heterocycles. The number of furan rings is 1. The van der Waals surface area contributed by atoms with E-state index in [1.165, 1.54) is 6.26 Å². The quantitative estimate of drug-likeness (QED) is 0.836. The Morgan fingerprint density at radius 2 is 2.40 bits per heavy atom. The van der Waals surface area contributed by atoms with Crippen LogP contribution in [0.5, 0.6) is 0 Å². The molecule has 0 atom stereocenters. The number of rotatable bonds is 4. The van der Waals surface area contributed by atoms with Crippen LogP contribution in [-0.4, -0.2) is 11.1 Å². The lowest BCUT2D eigenvalue weighted by Gasteiger charge is -2.01. The summed E-state index contributed by atoms with van der Waals surface area (Å²) in [6.07, 6.45) is 1.38. The Labute approximate surface area is 90.2 Å². The number of anilines is 1. The Balaban J connectivity index is 2.05. The van der Waals surface area contributed by atoms with Crippen molar-refractivity contribution in [3.05, 3.63) is 40.5 Å². The minimum Gasteiger partial charge on any atom is -0.475 e. The standard InChI is InChI=1S/C10H9NO3S/c12-10(13)9-7(1-3-14-9)5-11-8-2-4-15-6-8/h1-4,6,11H,5H2,(H,12,13). The first-order chi connectivity index (χ1) is 7.27. The van der Waals surface area contributed by atoms with E-state index in [0.29, 0.717) is 12.1 Å². The first-order valence-corrected chi connectivity index (χ1v) is 5.27. The van der Waals surface area contributed by atoms with E-state index in [0.717, 1.165) is 5.69 Å². The zero-order chi connectivity index (χ0) is 10.7. The van der Waals surface area contributed by atoms with Crippen LogP contribution in [0.1, 0.15) is 16.1 Å². The molecule has 0 fully saturated rings. The molecule has 0 radical (unpaired) electrons. The van der Waals surface area contributed by atoms with Gasteiger partial charge in [0.2, 0.25) is 5.76 Å². The Bertz CT molecular complexity index is 447. The van der Waals surface area contributed by atoms with Gasteiger partial charge < -0.3 is 14.8 Å². The van der Waals surface area contributed by atoms with Crippen molar-refractivity contribution in [3.8, 4) is 0 Å². The van der Waals surface area contributed by atoms with Crippen molar-refractivity contribution < 1.29 is 14.3 Å². The van der Waals surface area contributed by atoms with E-state index in [2.05, 4.69) is 5.32 Å². The molecule has 0 aliphatic rings. The highest BCUT2D eigenvalue weighted by atomic mass is 32.1. The van der Waals surface area contributed by atoms with E-state index >= 15 is 0 Å². The van der Waals surface area contributed by atoms with Crippen molar-refractivity contribution in [2.75, 3.05) is 5.32 Å². The number of hydrogen-bond donors (Lipinski definition) is 2. The first-order valence-electron chi connectivity index (χ1n) is 4.33. The molecule has 0 unspecified atom stereocenters. The third kappa shape index (κ3) is 2.19. The molecule has 5 heteroatoms. The van der Waals surface area contributed by atoms with E-state index in [4.69, 9.17) is 9.52 Å². The zero-order valence-corrected chi connectivity index (χ0v) is 8.58. The average Bonchev–Trinajstić information content (AvgIpc) is 2.86. The zero-order valence-electron chi connectivity index (χ0n) is 7.77. The van der Waals surface area contributed by atoms with Crippen LogP contribution in [0.2, 0.25) is 0 Å². The SMILES string of the molecule is O=C(O)c1occc1CNc1ccsc1. The number of thiophene rings is 1. The van der Waals surface area contributed by atoms with Crippen LogP contribution in [-0.2, 0) is 6.54 Å². The summed E-state index contributed by atoms with van der Waals surface area (Å²) in [6.45, 7) is 0.453. The van der Waals surface area contributed by atoms with Crippen LogP contribution in [0.15, 0.2) is 33.6 Å². The highest BCUT2D eigenvalue weighted by molar-refractivity contribution is 7.08. The van der Waals surface area contributed by atoms with Crippen LogP contribution in [0.3, 0.4) is 0 Å². The van der Waals surface area contributed by atoms with E-state index < -0.39 is 5.97 Å². The van der Waals surface area contributed by atoms with Gasteiger partial charge in [-0.15, -0.1) is 0 Å². The molecular weight excluding hydrogens is 214 g/mol. The normalized spacial score (nSPS) is 10.1. The van der Waals surface area contributed by atoms with Crippen LogP contribution < -0.4 is 5.32 Å². The van der Waals surface area contributed by atoms with Gasteiger partial charge in [0.25, 0.3) is 0 Å². The lowest BCUT2D eigenvalue weighted by molar-refractivity contribution is 0.0661. The first kappa shape index (κ1) is 9.79. The van der Waals surface area contributed by atoms with Gasteiger partial charge in [-0.2, -0.15) is 11.3 Å². The second kappa shape index (κ2) is 4.18. The summed E-state index contributed by atoms with van der Waals surface area (Å²) in [5.41, 5.74) is 1.63. The lowest BCUT2D eigenvalue weighted by atomic mass is 10.2. The molecule has 0 aromatic carbocycles. The summed E-state index contributed by atoms with van der Waals surface area (Å²) < 4.78 is 4.86. The van der Waals surface area contributed by atoms with Gasteiger partial charge in [-0.3, -0.25) is 0 Å². The van der Waals surface area contributed by atoms with E-state index in [1.807, 2.05) is 16.8 Å². The molecule has 0 spiro atoms. The molecule has 2 N–H and O–H groups in total. The molecule has 2 heterocycles. The molecule has 15 heavy (non-hydrogen) atoms. The number of carboxylic acids is 1. The van der Waals surface area contributed by atoms with Gasteiger partial charge in [0.15, 0.2) is 0 Å². The highest BCUT2D eigenvalue weighted by Crippen LogP contribution is 2.16. The molecule has 0 aliphatic carbocycles. The second-order valence-corrected chi connectivity index (χ2v) is 3.73. The Hall–Kier alpha value is -1.75. The van der Waals surface area contributed by atoms with E-state index in [9.17, 15) is 4.79 Å². The number of carboxylic acid groups (broad SMARTS) is 1. The smallest absolute Gasteiger partial charge is 0.372 e. The van der Waals surface area contributed by atoms with E-state index in [1.54, 1.807) is 17.4 Å². The molecule has 2 aromatic rings. The van der Waals surface area contributed by atoms with Crippen molar-refractivity contribution in [1.82, 2.24) is 0 Å². The number of hydrogen-bond acceptors (Lipinski definition) is 4. The van der Waals surface area contributed by atoms with Crippen molar-refractivity contribution >= 4 is 23.0 Å². The van der Waals surface area contributed by atoms with Gasteiger partial charge in [0.05, 0.1) is 6.26 Å². The number of nitrogens with one attached hydrogen (secondary N) is 1. The Morgan fingerprint density at radius 3 is 3.07 bits per heavy atom. The summed E-state index contributed by atoms with van der Waals surface area (Å²) >= 11 is 1.59. The third-order valence-corrected chi connectivity index (χ3v) is 2.63. The maximum atomic E-state index is 10.7. The Morgan fingerprint density at radius 1 is 1.53 bits per heavy atom. The second-order valence-electron chi connectivity index (χ2n) is 2.95. The molecule has 2 rings (SSSR count). The maximum Gasteiger partial charge on any atom is 0.372 e. The molecular formula is C10H9NO3S. The predicted molar refractivity (Wildman–Crippen MR) is 57.3 cm³/mol. The monoisotopic (exact) mass is 223 g/mol. The fourth-order valence-corrected chi connectivity index (χ4v) is 1.84. The van der Waals surface area contributed by atoms with Crippen LogP contribution in [0.25, 0.3) is 0 Å². The Kier molecular flexibility index (Phi) is 2.73. The summed E-state index contributed by atoms with van der Waals surface area (Å²) in [5, 5.41) is 15.8. The lowest BCUT2D eigenvalue weighted by Crippen LogP contribution is -2.03. The van der Waals surface area contributed by atoms with Gasteiger partial charge in [-0.1, -0.05) is 0 Å². The van der Waals surface area contributed by atoms with Gasteiger partial charge >= 0.3 is 5.97 Å². The molecule has 0 bridgehead atoms.